The van der Waals surface area contributed by atoms with Gasteiger partial charge in [0.25, 0.3) is 0 Å². The van der Waals surface area contributed by atoms with Crippen LogP contribution >= 0.6 is 0 Å². The minimum absolute atomic E-state index is 0.470. The lowest BCUT2D eigenvalue weighted by atomic mass is 10.1. The minimum Gasteiger partial charge on any atom is -0.480 e. The number of hydrogen-bond acceptors (Lipinski definition) is 4. The van der Waals surface area contributed by atoms with Gasteiger partial charge in [0.15, 0.2) is 0 Å². The number of carboxylic acids is 1. The zero-order valence-corrected chi connectivity index (χ0v) is 10.5. The summed E-state index contributed by atoms with van der Waals surface area (Å²) in [6, 6.07) is -1.52. The second kappa shape index (κ2) is 4.91. The van der Waals surface area contributed by atoms with Crippen molar-refractivity contribution in [3.63, 3.8) is 0 Å². The molecular weight excluding hydrogens is 224 g/mol. The van der Waals surface area contributed by atoms with E-state index in [2.05, 4.69) is 0 Å². The number of amides is 1. The molecule has 3 N–H and O–H groups in total. The topological polar surface area (TPSA) is 92.9 Å². The average Bonchev–Trinajstić information content (AvgIpc) is 2.61. The van der Waals surface area contributed by atoms with Gasteiger partial charge in [0.05, 0.1) is 6.04 Å². The van der Waals surface area contributed by atoms with Gasteiger partial charge < -0.3 is 20.5 Å². The zero-order chi connectivity index (χ0) is 13.2. The van der Waals surface area contributed by atoms with Crippen LogP contribution in [-0.2, 0) is 9.53 Å². The second-order valence-electron chi connectivity index (χ2n) is 5.25. The summed E-state index contributed by atoms with van der Waals surface area (Å²) >= 11 is 0. The van der Waals surface area contributed by atoms with E-state index in [0.717, 1.165) is 6.42 Å². The van der Waals surface area contributed by atoms with Gasteiger partial charge in [-0.1, -0.05) is 0 Å². The molecule has 0 aliphatic carbocycles. The van der Waals surface area contributed by atoms with Crippen molar-refractivity contribution >= 4 is 12.1 Å². The van der Waals surface area contributed by atoms with E-state index in [9.17, 15) is 9.59 Å². The maximum atomic E-state index is 11.9. The third-order valence-corrected chi connectivity index (χ3v) is 2.63. The number of ether oxygens (including phenoxy) is 1. The molecule has 1 aliphatic heterocycles. The number of carbonyl (C=O) groups is 2. The molecule has 2 atom stereocenters. The summed E-state index contributed by atoms with van der Waals surface area (Å²) in [5.41, 5.74) is 4.98. The van der Waals surface area contributed by atoms with Crippen molar-refractivity contribution in [3.8, 4) is 0 Å². The predicted molar refractivity (Wildman–Crippen MR) is 61.6 cm³/mol. The molecule has 0 aromatic carbocycles. The summed E-state index contributed by atoms with van der Waals surface area (Å²) in [4.78, 5) is 24.1. The molecule has 1 rings (SSSR count). The van der Waals surface area contributed by atoms with E-state index < -0.39 is 29.7 Å². The Hall–Kier alpha value is -1.30. The molecule has 0 spiro atoms. The number of likely N-dealkylation sites (tertiary alicyclic amines) is 1. The summed E-state index contributed by atoms with van der Waals surface area (Å²) in [7, 11) is 0. The predicted octanol–water partition coefficient (Wildman–Crippen LogP) is 0.798. The van der Waals surface area contributed by atoms with E-state index in [-0.39, 0.29) is 0 Å². The Balaban J connectivity index is 2.69. The third kappa shape index (κ3) is 3.59. The summed E-state index contributed by atoms with van der Waals surface area (Å²) in [6.07, 6.45) is 0.870. The molecule has 0 radical (unpaired) electrons. The van der Waals surface area contributed by atoms with Gasteiger partial charge in [-0.2, -0.15) is 0 Å². The van der Waals surface area contributed by atoms with Crippen LogP contribution in [0.2, 0.25) is 0 Å². The molecule has 0 saturated carbocycles. The van der Waals surface area contributed by atoms with Gasteiger partial charge in [0.2, 0.25) is 0 Å². The Labute approximate surface area is 101 Å². The van der Waals surface area contributed by atoms with E-state index in [1.54, 1.807) is 20.8 Å². The van der Waals surface area contributed by atoms with Crippen LogP contribution in [0.1, 0.15) is 33.6 Å². The highest BCUT2D eigenvalue weighted by molar-refractivity contribution is 5.76. The molecule has 0 bridgehead atoms. The molecule has 17 heavy (non-hydrogen) atoms. The molecule has 6 nitrogen and oxygen atoms in total. The van der Waals surface area contributed by atoms with Gasteiger partial charge in [0.1, 0.15) is 11.6 Å². The van der Waals surface area contributed by atoms with E-state index in [1.807, 2.05) is 0 Å². The monoisotopic (exact) mass is 244 g/mol. The number of aliphatic carboxylic acids is 1. The van der Waals surface area contributed by atoms with Crippen molar-refractivity contribution in [2.45, 2.75) is 51.3 Å². The lowest BCUT2D eigenvalue weighted by molar-refractivity contribution is -0.139. The van der Waals surface area contributed by atoms with Crippen LogP contribution in [0.15, 0.2) is 0 Å². The summed E-state index contributed by atoms with van der Waals surface area (Å²) in [6.45, 7) is 5.81. The highest BCUT2D eigenvalue weighted by atomic mass is 16.6. The molecule has 98 valence electrons. The largest absolute Gasteiger partial charge is 0.480 e. The molecule has 1 amide bonds. The van der Waals surface area contributed by atoms with Gasteiger partial charge in [-0.25, -0.2) is 4.79 Å². The molecule has 1 saturated heterocycles. The summed E-state index contributed by atoms with van der Waals surface area (Å²) in [5, 5.41) is 8.87. The number of rotatable bonds is 2. The van der Waals surface area contributed by atoms with E-state index >= 15 is 0 Å². The molecule has 0 aromatic heterocycles. The normalized spacial score (nSPS) is 22.4. The van der Waals surface area contributed by atoms with Crippen molar-refractivity contribution in [2.24, 2.45) is 5.73 Å². The van der Waals surface area contributed by atoms with Gasteiger partial charge in [-0.15, -0.1) is 0 Å². The van der Waals surface area contributed by atoms with Crippen molar-refractivity contribution in [2.75, 3.05) is 6.54 Å². The van der Waals surface area contributed by atoms with Gasteiger partial charge in [-0.05, 0) is 33.6 Å². The van der Waals surface area contributed by atoms with Crippen LogP contribution in [0.25, 0.3) is 0 Å². The van der Waals surface area contributed by atoms with Crippen LogP contribution in [0.3, 0.4) is 0 Å². The van der Waals surface area contributed by atoms with Gasteiger partial charge in [-0.3, -0.25) is 4.79 Å². The fourth-order valence-electron chi connectivity index (χ4n) is 1.88. The highest BCUT2D eigenvalue weighted by Gasteiger charge is 2.38. The first-order valence-corrected chi connectivity index (χ1v) is 5.70. The molecule has 1 fully saturated rings. The maximum Gasteiger partial charge on any atom is 0.410 e. The number of nitrogens with zero attached hydrogens (tertiary/aromatic N) is 1. The molecule has 2 unspecified atom stereocenters. The fraction of sp³-hybridized carbons (Fsp3) is 0.818. The van der Waals surface area contributed by atoms with Crippen molar-refractivity contribution < 1.29 is 19.4 Å². The van der Waals surface area contributed by atoms with E-state index in [0.29, 0.717) is 13.0 Å². The van der Waals surface area contributed by atoms with Gasteiger partial charge >= 0.3 is 12.1 Å². The standard InChI is InChI=1S/C11H20N2O4/c1-11(2,3)17-10(16)13-6-4-5-7(13)8(12)9(14)15/h7-8H,4-6,12H2,1-3H3,(H,14,15). The van der Waals surface area contributed by atoms with Crippen LogP contribution in [0.4, 0.5) is 4.79 Å². The Morgan fingerprint density at radius 2 is 2.06 bits per heavy atom. The quantitative estimate of drug-likeness (QED) is 0.749. The average molecular weight is 244 g/mol. The summed E-state index contributed by atoms with van der Waals surface area (Å²) < 4.78 is 5.22. The molecule has 0 aromatic rings. The Kier molecular flexibility index (Phi) is 3.98. The molecule has 1 aliphatic rings. The number of carbonyl (C=O) groups excluding carboxylic acids is 1. The summed E-state index contributed by atoms with van der Waals surface area (Å²) in [5.74, 6) is -1.09. The van der Waals surface area contributed by atoms with Gasteiger partial charge in [0, 0.05) is 6.54 Å². The first-order chi connectivity index (χ1) is 7.72. The Bertz CT molecular complexity index is 311. The van der Waals surface area contributed by atoms with E-state index in [1.165, 1.54) is 4.90 Å². The van der Waals surface area contributed by atoms with Crippen molar-refractivity contribution in [3.05, 3.63) is 0 Å². The Morgan fingerprint density at radius 3 is 2.53 bits per heavy atom. The third-order valence-electron chi connectivity index (χ3n) is 2.63. The van der Waals surface area contributed by atoms with Crippen molar-refractivity contribution in [1.29, 1.82) is 0 Å². The molecular formula is C11H20N2O4. The number of hydrogen-bond donors (Lipinski definition) is 2. The lowest BCUT2D eigenvalue weighted by Gasteiger charge is -2.30. The number of nitrogens with two attached hydrogens (primary N) is 1. The highest BCUT2D eigenvalue weighted by Crippen LogP contribution is 2.22. The number of carboxylic acid groups (broad SMARTS) is 1. The van der Waals surface area contributed by atoms with Crippen LogP contribution in [0.5, 0.6) is 0 Å². The fourth-order valence-corrected chi connectivity index (χ4v) is 1.88. The zero-order valence-electron chi connectivity index (χ0n) is 10.5. The lowest BCUT2D eigenvalue weighted by Crippen LogP contribution is -2.51. The smallest absolute Gasteiger partial charge is 0.410 e. The Morgan fingerprint density at radius 1 is 1.47 bits per heavy atom. The maximum absolute atomic E-state index is 11.9. The van der Waals surface area contributed by atoms with E-state index in [4.69, 9.17) is 15.6 Å². The van der Waals surface area contributed by atoms with Crippen LogP contribution < -0.4 is 5.73 Å². The molecule has 6 heteroatoms. The minimum atomic E-state index is -1.09. The van der Waals surface area contributed by atoms with Crippen LogP contribution in [0, 0.1) is 0 Å². The van der Waals surface area contributed by atoms with Crippen LogP contribution in [-0.4, -0.2) is 46.3 Å². The first-order valence-electron chi connectivity index (χ1n) is 5.70. The SMILES string of the molecule is CC(C)(C)OC(=O)N1CCCC1C(N)C(=O)O. The molecule has 1 heterocycles. The first kappa shape index (κ1) is 13.8. The van der Waals surface area contributed by atoms with Crippen molar-refractivity contribution in [1.82, 2.24) is 4.90 Å². The second-order valence-corrected chi connectivity index (χ2v) is 5.25.